The zero-order chi connectivity index (χ0) is 73.2. The van der Waals surface area contributed by atoms with E-state index >= 15 is 0 Å². The summed E-state index contributed by atoms with van der Waals surface area (Å²) in [4.78, 5) is 58.5. The maximum absolute atomic E-state index is 13.0. The van der Waals surface area contributed by atoms with Crippen molar-refractivity contribution >= 4 is 112 Å². The Morgan fingerprint density at radius 2 is 0.431 bits per heavy atom. The summed E-state index contributed by atoms with van der Waals surface area (Å²) >= 11 is 0. The molecular weight excluding hydrogens is 1270 g/mol. The van der Waals surface area contributed by atoms with Crippen LogP contribution in [-0.4, -0.2) is 72.1 Å². The predicted octanol–water partition coefficient (Wildman–Crippen LogP) is 14.7. The van der Waals surface area contributed by atoms with Crippen LogP contribution in [-0.2, 0) is 0 Å². The van der Waals surface area contributed by atoms with Gasteiger partial charge >= 0.3 is 0 Å². The normalized spacial score (nSPS) is 10.4. The van der Waals surface area contributed by atoms with Crippen molar-refractivity contribution in [1.82, 2.24) is 0 Å². The van der Waals surface area contributed by atoms with Crippen LogP contribution in [0.15, 0.2) is 95.1 Å². The Morgan fingerprint density at radius 3 is 0.647 bits per heavy atom. The SMILES string of the molecule is CCCCN(CCCC)c1cc2c(cc1[N+](=O)[O-])=C=C=C=C=c1cc3c#cc#cc4cc([N+](=O)[O-])c(N(CCCC)CCCC)cc4c#cc#cc4cc(N(CCCC)CCCC)c([N+](=O)[O-])cc4c#cc#cc3cc1=C=C=C=C=c1cc([N+](=O)[O-])c(N(CCCC)CCCC)cc1=C=C=C=C=2. The molecule has 0 radical (unpaired) electrons. The fourth-order valence-electron chi connectivity index (χ4n) is 11.1. The average Bonchev–Trinajstić information content (AvgIpc) is 0.822. The van der Waals surface area contributed by atoms with Gasteiger partial charge in [0.15, 0.2) is 0 Å². The van der Waals surface area contributed by atoms with Gasteiger partial charge in [0.1, 0.15) is 22.7 Å². The summed E-state index contributed by atoms with van der Waals surface area (Å²) in [6, 6.07) is 51.8. The van der Waals surface area contributed by atoms with Crippen molar-refractivity contribution in [3.8, 4) is 0 Å². The number of benzene rings is 5. The van der Waals surface area contributed by atoms with E-state index in [2.05, 4.69) is 197 Å². The zero-order valence-electron chi connectivity index (χ0n) is 59.6. The summed E-state index contributed by atoms with van der Waals surface area (Å²) < 4.78 is 0. The molecule has 0 aromatic heterocycles. The van der Waals surface area contributed by atoms with Crippen molar-refractivity contribution in [2.75, 3.05) is 72.0 Å². The first-order valence-electron chi connectivity index (χ1n) is 35.2. The van der Waals surface area contributed by atoms with Gasteiger partial charge in [-0.1, -0.05) is 178 Å². The van der Waals surface area contributed by atoms with Gasteiger partial charge in [0.25, 0.3) is 22.7 Å². The van der Waals surface area contributed by atoms with Gasteiger partial charge in [-0.05, 0) is 159 Å². The summed E-state index contributed by atoms with van der Waals surface area (Å²) in [5, 5.41) is 55.6. The Balaban J connectivity index is 1.76. The summed E-state index contributed by atoms with van der Waals surface area (Å²) in [7, 11) is 0. The van der Waals surface area contributed by atoms with Crippen LogP contribution in [0.4, 0.5) is 45.5 Å². The molecule has 0 spiro atoms. The monoisotopic (exact) mass is 1350 g/mol. The van der Waals surface area contributed by atoms with Gasteiger partial charge in [-0.3, -0.25) is 40.5 Å². The van der Waals surface area contributed by atoms with Crippen molar-refractivity contribution in [1.29, 1.82) is 0 Å². The molecule has 0 unspecified atom stereocenters. The van der Waals surface area contributed by atoms with Gasteiger partial charge in [0, 0.05) is 140 Å². The number of rotatable bonds is 32. The number of hydrogen-bond donors (Lipinski definition) is 0. The molecule has 102 heavy (non-hydrogen) atoms. The van der Waals surface area contributed by atoms with Crippen LogP contribution in [0.1, 0.15) is 158 Å². The van der Waals surface area contributed by atoms with Gasteiger partial charge in [0.2, 0.25) is 0 Å². The first-order valence-corrected chi connectivity index (χ1v) is 35.2. The van der Waals surface area contributed by atoms with Gasteiger partial charge < -0.3 is 19.6 Å². The molecule has 0 saturated heterocycles. The number of nitro groups is 4. The highest BCUT2D eigenvalue weighted by Crippen LogP contribution is 2.35. The molecule has 0 amide bonds. The number of anilines is 4. The van der Waals surface area contributed by atoms with Crippen LogP contribution >= 0.6 is 0 Å². The molecule has 0 atom stereocenters. The van der Waals surface area contributed by atoms with E-state index in [1.165, 1.54) is 24.3 Å². The Hall–Kier alpha value is -12.4. The maximum Gasteiger partial charge on any atom is 0.293 e. The Kier molecular flexibility index (Phi) is 30.6. The van der Waals surface area contributed by atoms with E-state index in [1.54, 1.807) is 36.4 Å². The lowest BCUT2D eigenvalue weighted by Crippen LogP contribution is -2.31. The Bertz CT molecular complexity index is 4780. The highest BCUT2D eigenvalue weighted by molar-refractivity contribution is 5.89. The van der Waals surface area contributed by atoms with Gasteiger partial charge in [-0.15, -0.1) is 0 Å². The van der Waals surface area contributed by atoms with Gasteiger partial charge in [-0.25, -0.2) is 0 Å². The third-order valence-electron chi connectivity index (χ3n) is 16.8. The van der Waals surface area contributed by atoms with Crippen LogP contribution in [0.3, 0.4) is 0 Å². The topological polar surface area (TPSA) is 186 Å². The first kappa shape index (κ1) is 77.0. The lowest BCUT2D eigenvalue weighted by atomic mass is 10.1. The van der Waals surface area contributed by atoms with Crippen LogP contribution in [0.5, 0.6) is 0 Å². The minimum absolute atomic E-state index is 0.153. The maximum atomic E-state index is 13.0. The Labute approximate surface area is 598 Å². The summed E-state index contributed by atoms with van der Waals surface area (Å²) in [6.45, 7) is 21.1. The standard InChI is InChI=1S/C86H82N8O8/c1-9-17-49-87(50-18-10-2)79-59-71-41-33-34-42-72-60-80(88(51-19-11-3)52-20-12-4)84(92(97)98)64-76(72)46-30-26-38-68-58-70-40-28-32-48-78-66-86(94(101)102)82(90(55-23-15-7)56-24-16-8)62-74(78)44-36-35-43-73-61-81(89(53-21-13-5)54-22-14-6)85(93(99)100)65-77(73)47-31-27-39-69(70)57-67(68)37-25-29-45-75(71)63-83(79)91(95)96/h57-66H,9-24,49-56H2,1-8H3. The number of hydrogen-bond acceptors (Lipinski definition) is 12. The smallest absolute Gasteiger partial charge is 0.293 e. The minimum atomic E-state index is -0.423. The molecule has 0 aliphatic heterocycles. The highest BCUT2D eigenvalue weighted by atomic mass is 16.6. The van der Waals surface area contributed by atoms with Crippen molar-refractivity contribution in [2.24, 2.45) is 0 Å². The fraction of sp³-hybridized carbons (Fsp3) is 0.372. The lowest BCUT2D eigenvalue weighted by molar-refractivity contribution is -0.384. The fourth-order valence-corrected chi connectivity index (χ4v) is 11.1. The summed E-state index contributed by atoms with van der Waals surface area (Å²) in [6.07, 6.45) is 13.3. The largest absolute Gasteiger partial charge is 0.366 e. The molecule has 7 rings (SSSR count). The van der Waals surface area contributed by atoms with Crippen LogP contribution in [0.2, 0.25) is 0 Å². The molecule has 0 bridgehead atoms. The zero-order valence-corrected chi connectivity index (χ0v) is 59.6. The van der Waals surface area contributed by atoms with E-state index in [9.17, 15) is 40.5 Å². The molecule has 0 fully saturated rings. The molecule has 0 N–H and O–H groups in total. The average molecular weight is 1360 g/mol. The van der Waals surface area contributed by atoms with E-state index in [-0.39, 0.29) is 44.0 Å². The molecule has 514 valence electrons. The second kappa shape index (κ2) is 40.5. The molecular formula is C86H82N8O8. The van der Waals surface area contributed by atoms with Gasteiger partial charge in [-0.2, -0.15) is 0 Å². The number of nitrogens with zero attached hydrogens (tertiary/aromatic N) is 8. The van der Waals surface area contributed by atoms with E-state index in [0.29, 0.717) is 118 Å². The highest BCUT2D eigenvalue weighted by Gasteiger charge is 2.24. The lowest BCUT2D eigenvalue weighted by Gasteiger charge is -2.24. The molecule has 0 saturated carbocycles. The Morgan fingerprint density at radius 1 is 0.255 bits per heavy atom. The van der Waals surface area contributed by atoms with E-state index in [0.717, 1.165) is 103 Å². The van der Waals surface area contributed by atoms with Crippen LogP contribution < -0.4 is 50.9 Å². The van der Waals surface area contributed by atoms with E-state index in [4.69, 9.17) is 0 Å². The van der Waals surface area contributed by atoms with E-state index < -0.39 is 19.7 Å². The number of unbranched alkanes of at least 4 members (excludes halogenated alkanes) is 8. The molecule has 1 aliphatic carbocycles. The van der Waals surface area contributed by atoms with Gasteiger partial charge in [0.05, 0.1) is 19.7 Å². The molecule has 6 aromatic rings. The van der Waals surface area contributed by atoms with Crippen molar-refractivity contribution < 1.29 is 19.7 Å². The van der Waals surface area contributed by atoms with Crippen LogP contribution in [0, 0.1) is 113 Å². The summed E-state index contributed by atoms with van der Waals surface area (Å²) in [5.41, 5.74) is 37.1. The predicted molar refractivity (Wildman–Crippen MR) is 405 cm³/mol. The number of nitro benzene ring substituents is 4. The molecule has 16 heteroatoms. The minimum Gasteiger partial charge on any atom is -0.366 e. The summed E-state index contributed by atoms with van der Waals surface area (Å²) in [5.74, 6) is 0. The second-order valence-corrected chi connectivity index (χ2v) is 24.3. The quantitative estimate of drug-likeness (QED) is 0.0221. The van der Waals surface area contributed by atoms with Crippen LogP contribution in [0.25, 0.3) is 66.7 Å². The number of fused-ring (bicyclic) bond motifs is 6. The molecule has 16 nitrogen and oxygen atoms in total. The van der Waals surface area contributed by atoms with E-state index in [1.807, 2.05) is 19.6 Å². The van der Waals surface area contributed by atoms with Crippen molar-refractivity contribution in [3.05, 3.63) is 240 Å². The molecule has 6 aromatic carbocycles. The van der Waals surface area contributed by atoms with Crippen molar-refractivity contribution in [2.45, 2.75) is 158 Å². The molecule has 1 aliphatic rings. The molecule has 0 heterocycles. The third kappa shape index (κ3) is 21.8. The first-order chi connectivity index (χ1) is 49.6. The third-order valence-corrected chi connectivity index (χ3v) is 16.8. The van der Waals surface area contributed by atoms with Crippen molar-refractivity contribution in [3.63, 3.8) is 0 Å². The second-order valence-electron chi connectivity index (χ2n) is 24.3.